The number of rotatable bonds is 7. The van der Waals surface area contributed by atoms with Crippen molar-refractivity contribution in [2.24, 2.45) is 0 Å². The van der Waals surface area contributed by atoms with E-state index in [-0.39, 0.29) is 17.8 Å². The van der Waals surface area contributed by atoms with Gasteiger partial charge in [0.05, 0.1) is 30.3 Å². The molecule has 1 N–H and O–H groups in total. The van der Waals surface area contributed by atoms with Gasteiger partial charge in [0.1, 0.15) is 11.7 Å². The largest absolute Gasteiger partial charge is 0.416 e. The Balaban J connectivity index is 1.28. The third kappa shape index (κ3) is 4.55. The van der Waals surface area contributed by atoms with Crippen molar-refractivity contribution in [3.8, 4) is 0 Å². The second-order valence-corrected chi connectivity index (χ2v) is 9.95. The van der Waals surface area contributed by atoms with E-state index in [0.29, 0.717) is 24.3 Å². The van der Waals surface area contributed by atoms with Crippen LogP contribution >= 0.6 is 11.3 Å². The molecule has 1 aliphatic carbocycles. The molecule has 0 bridgehead atoms. The molecular formula is C25H24F3N5O2S. The van der Waals surface area contributed by atoms with Crippen LogP contribution in [0.2, 0.25) is 0 Å². The Kier molecular flexibility index (Phi) is 6.42. The fourth-order valence-corrected chi connectivity index (χ4v) is 5.86. The van der Waals surface area contributed by atoms with E-state index in [9.17, 15) is 22.8 Å². The molecule has 4 aromatic rings. The number of halogens is 3. The Morgan fingerprint density at radius 1 is 1.17 bits per heavy atom. The van der Waals surface area contributed by atoms with Crippen LogP contribution in [0.15, 0.2) is 59.1 Å². The Labute approximate surface area is 208 Å². The van der Waals surface area contributed by atoms with Crippen LogP contribution in [-0.2, 0) is 29.5 Å². The zero-order chi connectivity index (χ0) is 25.3. The van der Waals surface area contributed by atoms with Crippen molar-refractivity contribution in [2.45, 2.75) is 50.4 Å². The second kappa shape index (κ2) is 9.53. The minimum atomic E-state index is -4.46. The molecule has 7 nitrogen and oxygen atoms in total. The van der Waals surface area contributed by atoms with Crippen LogP contribution in [0.4, 0.5) is 13.2 Å². The highest BCUT2D eigenvalue weighted by molar-refractivity contribution is 7.10. The van der Waals surface area contributed by atoms with Crippen molar-refractivity contribution in [1.82, 2.24) is 24.6 Å². The lowest BCUT2D eigenvalue weighted by atomic mass is 9.83. The van der Waals surface area contributed by atoms with Crippen molar-refractivity contribution >= 4 is 28.3 Å². The molecule has 0 radical (unpaired) electrons. The molecule has 1 amide bonds. The van der Waals surface area contributed by atoms with E-state index in [1.807, 2.05) is 17.5 Å². The van der Waals surface area contributed by atoms with Gasteiger partial charge in [0.15, 0.2) is 5.65 Å². The number of fused-ring (bicyclic) bond motifs is 1. The first-order valence-corrected chi connectivity index (χ1v) is 12.6. The topological polar surface area (TPSA) is 81.8 Å². The maximum absolute atomic E-state index is 13.1. The molecule has 0 saturated heterocycles. The fraction of sp³-hybridized carbons (Fsp3) is 0.360. The van der Waals surface area contributed by atoms with Crippen molar-refractivity contribution in [3.05, 3.63) is 80.7 Å². The van der Waals surface area contributed by atoms with Gasteiger partial charge in [0.25, 0.3) is 5.56 Å². The molecule has 11 heteroatoms. The maximum atomic E-state index is 13.1. The smallest absolute Gasteiger partial charge is 0.353 e. The van der Waals surface area contributed by atoms with Gasteiger partial charge in [0.2, 0.25) is 5.91 Å². The lowest BCUT2D eigenvalue weighted by molar-refractivity contribution is -0.137. The molecule has 1 saturated carbocycles. The van der Waals surface area contributed by atoms with Gasteiger partial charge >= 0.3 is 6.18 Å². The van der Waals surface area contributed by atoms with E-state index in [4.69, 9.17) is 0 Å². The Bertz CT molecular complexity index is 1440. The zero-order valence-corrected chi connectivity index (χ0v) is 20.1. The van der Waals surface area contributed by atoms with E-state index < -0.39 is 22.7 Å². The van der Waals surface area contributed by atoms with Crippen molar-refractivity contribution in [2.75, 3.05) is 6.54 Å². The van der Waals surface area contributed by atoms with E-state index in [2.05, 4.69) is 15.4 Å². The molecule has 0 unspecified atom stereocenters. The predicted octanol–water partition coefficient (Wildman–Crippen LogP) is 4.35. The Morgan fingerprint density at radius 2 is 1.97 bits per heavy atom. The number of aromatic nitrogens is 4. The first kappa shape index (κ1) is 24.2. The molecule has 0 atom stereocenters. The van der Waals surface area contributed by atoms with Gasteiger partial charge in [-0.1, -0.05) is 31.0 Å². The first-order valence-electron chi connectivity index (χ1n) is 11.7. The second-order valence-electron chi connectivity index (χ2n) is 9.00. The van der Waals surface area contributed by atoms with E-state index in [1.165, 1.54) is 29.2 Å². The van der Waals surface area contributed by atoms with Crippen LogP contribution < -0.4 is 10.9 Å². The average Bonchev–Trinajstić information content (AvgIpc) is 3.62. The Morgan fingerprint density at radius 3 is 2.69 bits per heavy atom. The number of alkyl halides is 3. The first-order chi connectivity index (χ1) is 17.3. The summed E-state index contributed by atoms with van der Waals surface area (Å²) in [5, 5.41) is 9.55. The highest BCUT2D eigenvalue weighted by Crippen LogP contribution is 2.43. The molecule has 3 heterocycles. The quantitative estimate of drug-likeness (QED) is 0.397. The van der Waals surface area contributed by atoms with Crippen molar-refractivity contribution in [3.63, 3.8) is 0 Å². The molecule has 0 aliphatic heterocycles. The summed E-state index contributed by atoms with van der Waals surface area (Å²) < 4.78 is 41.8. The monoisotopic (exact) mass is 515 g/mol. The number of carbonyl (C=O) groups is 1. The van der Waals surface area contributed by atoms with Crippen molar-refractivity contribution in [1.29, 1.82) is 0 Å². The van der Waals surface area contributed by atoms with Crippen LogP contribution in [0.1, 0.15) is 41.7 Å². The van der Waals surface area contributed by atoms with Gasteiger partial charge in [-0.05, 0) is 42.0 Å². The summed E-state index contributed by atoms with van der Waals surface area (Å²) in [5.74, 6) is 0.00955. The summed E-state index contributed by atoms with van der Waals surface area (Å²) in [6.45, 7) is 0.620. The van der Waals surface area contributed by atoms with Gasteiger partial charge in [-0.2, -0.15) is 18.3 Å². The number of carbonyl (C=O) groups excluding carboxylic acids is 1. The van der Waals surface area contributed by atoms with Gasteiger partial charge in [-0.3, -0.25) is 14.2 Å². The number of amides is 1. The number of nitrogens with zero attached hydrogens (tertiary/aromatic N) is 4. The third-order valence-corrected chi connectivity index (χ3v) is 7.80. The number of nitrogens with one attached hydrogen (secondary N) is 1. The standard InChI is InChI=1S/C25H24F3N5O2S/c26-25(27,28)18-6-3-5-17(13-18)15-32-16-30-21-19(22(32)34)14-31-33(21)11-10-29-23(35)24(8-1-2-9-24)20-7-4-12-36-20/h3-7,12-14,16H,1-2,8-11,15H2,(H,29,35). The van der Waals surface area contributed by atoms with Crippen LogP contribution in [0.5, 0.6) is 0 Å². The highest BCUT2D eigenvalue weighted by atomic mass is 32.1. The molecule has 1 fully saturated rings. The minimum Gasteiger partial charge on any atom is -0.353 e. The van der Waals surface area contributed by atoms with Gasteiger partial charge < -0.3 is 5.32 Å². The van der Waals surface area contributed by atoms with Crippen LogP contribution in [0.25, 0.3) is 11.0 Å². The number of hydrogen-bond donors (Lipinski definition) is 1. The SMILES string of the molecule is O=C(NCCn1ncc2c(=O)n(Cc3cccc(C(F)(F)F)c3)cnc21)C1(c2cccs2)CCCC1. The van der Waals surface area contributed by atoms with E-state index in [1.54, 1.807) is 16.0 Å². The zero-order valence-electron chi connectivity index (χ0n) is 19.3. The van der Waals surface area contributed by atoms with Crippen LogP contribution in [0, 0.1) is 0 Å². The lowest BCUT2D eigenvalue weighted by Crippen LogP contribution is -2.43. The number of thiophene rings is 1. The fourth-order valence-electron chi connectivity index (χ4n) is 4.88. The predicted molar refractivity (Wildman–Crippen MR) is 130 cm³/mol. The summed E-state index contributed by atoms with van der Waals surface area (Å²) in [6.07, 6.45) is 1.96. The van der Waals surface area contributed by atoms with Gasteiger partial charge in [0, 0.05) is 11.4 Å². The number of benzene rings is 1. The summed E-state index contributed by atoms with van der Waals surface area (Å²) in [7, 11) is 0. The molecule has 0 spiro atoms. The number of hydrogen-bond acceptors (Lipinski definition) is 5. The van der Waals surface area contributed by atoms with Crippen LogP contribution in [0.3, 0.4) is 0 Å². The average molecular weight is 516 g/mol. The molecule has 1 aromatic carbocycles. The molecule has 3 aromatic heterocycles. The minimum absolute atomic E-state index is 0.00955. The van der Waals surface area contributed by atoms with Gasteiger partial charge in [-0.15, -0.1) is 11.3 Å². The molecular weight excluding hydrogens is 491 g/mol. The molecule has 188 valence electrons. The van der Waals surface area contributed by atoms with Crippen LogP contribution in [-0.4, -0.2) is 31.8 Å². The summed E-state index contributed by atoms with van der Waals surface area (Å²) >= 11 is 1.60. The maximum Gasteiger partial charge on any atom is 0.416 e. The van der Waals surface area contributed by atoms with E-state index >= 15 is 0 Å². The third-order valence-electron chi connectivity index (χ3n) is 6.72. The van der Waals surface area contributed by atoms with E-state index in [0.717, 1.165) is 42.7 Å². The summed E-state index contributed by atoms with van der Waals surface area (Å²) in [6, 6.07) is 8.85. The normalized spacial score (nSPS) is 15.4. The van der Waals surface area contributed by atoms with Crippen molar-refractivity contribution < 1.29 is 18.0 Å². The Hall–Kier alpha value is -3.47. The van der Waals surface area contributed by atoms with Gasteiger partial charge in [-0.25, -0.2) is 9.67 Å². The molecule has 5 rings (SSSR count). The molecule has 1 aliphatic rings. The molecule has 36 heavy (non-hydrogen) atoms. The highest BCUT2D eigenvalue weighted by Gasteiger charge is 2.43. The summed E-state index contributed by atoms with van der Waals surface area (Å²) in [4.78, 5) is 31.5. The summed E-state index contributed by atoms with van der Waals surface area (Å²) in [5.41, 5.74) is -0.931. The lowest BCUT2D eigenvalue weighted by Gasteiger charge is -2.26.